The highest BCUT2D eigenvalue weighted by Gasteiger charge is 2.24. The number of carbonyl (C=O) groups excluding carboxylic acids is 2. The van der Waals surface area contributed by atoms with Gasteiger partial charge in [-0.3, -0.25) is 14.5 Å². The molecule has 1 rings (SSSR count). The lowest BCUT2D eigenvalue weighted by Gasteiger charge is -2.38. The predicted octanol–water partition coefficient (Wildman–Crippen LogP) is 14.2. The van der Waals surface area contributed by atoms with Gasteiger partial charge in [-0.15, -0.1) is 0 Å². The van der Waals surface area contributed by atoms with Gasteiger partial charge in [0.2, 0.25) is 11.8 Å². The third-order valence-electron chi connectivity index (χ3n) is 13.5. The number of nitrogens with one attached hydrogen (secondary N) is 2. The minimum absolute atomic E-state index is 0.266. The van der Waals surface area contributed by atoms with Crippen molar-refractivity contribution in [2.75, 3.05) is 45.8 Å². The number of nitrogens with zero attached hydrogens (tertiary/aromatic N) is 2. The third-order valence-corrected chi connectivity index (χ3v) is 13.5. The molecular formula is C52H104N4O2. The second-order valence-electron chi connectivity index (χ2n) is 18.8. The van der Waals surface area contributed by atoms with E-state index in [2.05, 4.69) is 55.1 Å². The molecule has 0 radical (unpaired) electrons. The molecule has 0 aromatic rings. The fourth-order valence-corrected chi connectivity index (χ4v) is 9.09. The summed E-state index contributed by atoms with van der Waals surface area (Å²) < 4.78 is 0. The second-order valence-corrected chi connectivity index (χ2v) is 18.8. The summed E-state index contributed by atoms with van der Waals surface area (Å²) in [4.78, 5) is 31.2. The van der Waals surface area contributed by atoms with Crippen molar-refractivity contribution in [3.8, 4) is 0 Å². The summed E-state index contributed by atoms with van der Waals surface area (Å²) in [7, 11) is 0. The summed E-state index contributed by atoms with van der Waals surface area (Å²) in [6.45, 7) is 18.9. The van der Waals surface area contributed by atoms with E-state index >= 15 is 0 Å². The molecule has 0 aromatic heterocycles. The molecule has 6 nitrogen and oxygen atoms in total. The normalized spacial score (nSPS) is 14.3. The van der Waals surface area contributed by atoms with Gasteiger partial charge in [0.1, 0.15) is 0 Å². The van der Waals surface area contributed by atoms with E-state index in [1.165, 1.54) is 193 Å². The fourth-order valence-electron chi connectivity index (χ4n) is 9.09. The van der Waals surface area contributed by atoms with Gasteiger partial charge in [-0.25, -0.2) is 0 Å². The van der Waals surface area contributed by atoms with Crippen molar-refractivity contribution in [1.29, 1.82) is 0 Å². The maximum atomic E-state index is 12.9. The molecule has 0 bridgehead atoms. The van der Waals surface area contributed by atoms with Crippen molar-refractivity contribution in [2.45, 2.75) is 265 Å². The van der Waals surface area contributed by atoms with Gasteiger partial charge >= 0.3 is 0 Å². The molecule has 2 atom stereocenters. The number of amides is 2. The molecule has 0 spiro atoms. The van der Waals surface area contributed by atoms with Crippen molar-refractivity contribution < 1.29 is 9.59 Å². The molecular weight excluding hydrogens is 713 g/mol. The van der Waals surface area contributed by atoms with Gasteiger partial charge < -0.3 is 15.5 Å². The number of hydrogen-bond acceptors (Lipinski definition) is 4. The average molecular weight is 817 g/mol. The maximum Gasteiger partial charge on any atom is 0.220 e. The lowest BCUT2D eigenvalue weighted by atomic mass is 9.91. The molecule has 1 fully saturated rings. The number of likely N-dealkylation sites (N-methyl/N-ethyl adjacent to an activating group) is 1. The summed E-state index contributed by atoms with van der Waals surface area (Å²) in [6, 6.07) is 0.798. The van der Waals surface area contributed by atoms with Crippen LogP contribution < -0.4 is 10.6 Å². The lowest BCUT2D eigenvalue weighted by molar-refractivity contribution is -0.122. The molecule has 1 aliphatic rings. The van der Waals surface area contributed by atoms with Crippen LogP contribution in [0.25, 0.3) is 0 Å². The topological polar surface area (TPSA) is 64.7 Å². The van der Waals surface area contributed by atoms with E-state index in [4.69, 9.17) is 0 Å². The van der Waals surface area contributed by atoms with Crippen molar-refractivity contribution in [3.05, 3.63) is 0 Å². The van der Waals surface area contributed by atoms with Gasteiger partial charge in [0.15, 0.2) is 0 Å². The molecule has 2 amide bonds. The first kappa shape index (κ1) is 54.9. The zero-order valence-corrected chi connectivity index (χ0v) is 40.1. The van der Waals surface area contributed by atoms with E-state index in [0.717, 1.165) is 71.0 Å². The van der Waals surface area contributed by atoms with E-state index in [0.29, 0.717) is 24.7 Å². The Balaban J connectivity index is 2.44. The monoisotopic (exact) mass is 817 g/mol. The largest absolute Gasteiger partial charge is 0.356 e. The molecule has 0 aromatic carbocycles. The second kappa shape index (κ2) is 41.2. The predicted molar refractivity (Wildman–Crippen MR) is 255 cm³/mol. The zero-order chi connectivity index (χ0) is 42.2. The van der Waals surface area contributed by atoms with Crippen LogP contribution >= 0.6 is 0 Å². The smallest absolute Gasteiger partial charge is 0.220 e. The molecule has 344 valence electrons. The highest BCUT2D eigenvalue weighted by molar-refractivity contribution is 5.76. The van der Waals surface area contributed by atoms with Gasteiger partial charge in [-0.2, -0.15) is 0 Å². The van der Waals surface area contributed by atoms with Crippen molar-refractivity contribution in [3.63, 3.8) is 0 Å². The summed E-state index contributed by atoms with van der Waals surface area (Å²) in [5.41, 5.74) is 0. The minimum atomic E-state index is 0.266. The van der Waals surface area contributed by atoms with E-state index in [1.807, 2.05) is 0 Å². The molecule has 0 aliphatic heterocycles. The Hall–Kier alpha value is -1.14. The highest BCUT2D eigenvalue weighted by Crippen LogP contribution is 2.25. The van der Waals surface area contributed by atoms with Crippen LogP contribution in [0, 0.1) is 11.8 Å². The van der Waals surface area contributed by atoms with Crippen LogP contribution in [0.5, 0.6) is 0 Å². The van der Waals surface area contributed by atoms with Crippen molar-refractivity contribution >= 4 is 11.8 Å². The van der Waals surface area contributed by atoms with Gasteiger partial charge in [0, 0.05) is 45.1 Å². The fraction of sp³-hybridized carbons (Fsp3) is 0.962. The maximum absolute atomic E-state index is 12.9. The van der Waals surface area contributed by atoms with Gasteiger partial charge in [0.25, 0.3) is 0 Å². The van der Waals surface area contributed by atoms with E-state index in [1.54, 1.807) is 0 Å². The van der Waals surface area contributed by atoms with Gasteiger partial charge in [-0.1, -0.05) is 182 Å². The Morgan fingerprint density at radius 2 is 0.810 bits per heavy atom. The molecule has 0 heterocycles. The number of carbonyl (C=O) groups is 2. The molecule has 1 saturated carbocycles. The first-order valence-electron chi connectivity index (χ1n) is 26.5. The van der Waals surface area contributed by atoms with Crippen molar-refractivity contribution in [1.82, 2.24) is 20.4 Å². The van der Waals surface area contributed by atoms with Crippen molar-refractivity contribution in [2.24, 2.45) is 11.8 Å². The number of unbranched alkanes of at least 4 members (excludes halogenated alkanes) is 20. The third kappa shape index (κ3) is 32.6. The van der Waals surface area contributed by atoms with Crippen LogP contribution in [0.3, 0.4) is 0 Å². The average Bonchev–Trinajstić information content (AvgIpc) is 3.21. The standard InChI is InChI=1S/C52H104N4O2/c1-6-11-15-19-21-27-36-48(34-25-17-13-8-3)46-53-51(57)40-29-23-31-42-55(44-45-56(10-5)50-38-33-39-50)43-32-24-30-41-52(58)54-47-49(35-26-18-14-9-4)37-28-22-20-16-12-7-2/h48-50H,6-47H2,1-5H3,(H,53,57)(H,54,58). The minimum Gasteiger partial charge on any atom is -0.356 e. The van der Waals surface area contributed by atoms with Gasteiger partial charge in [-0.05, 0) is 95.7 Å². The molecule has 58 heavy (non-hydrogen) atoms. The van der Waals surface area contributed by atoms with Crippen LogP contribution in [-0.4, -0.2) is 73.5 Å². The quantitative estimate of drug-likeness (QED) is 0.0601. The molecule has 6 heteroatoms. The van der Waals surface area contributed by atoms with Gasteiger partial charge in [0.05, 0.1) is 0 Å². The summed E-state index contributed by atoms with van der Waals surface area (Å²) in [5.74, 6) is 1.83. The first-order chi connectivity index (χ1) is 28.5. The van der Waals surface area contributed by atoms with Crippen LogP contribution in [0.2, 0.25) is 0 Å². The SMILES string of the molecule is CCCCCCCCC(CCCCCC)CNC(=O)CCCCCN(CCCCCC(=O)NCC(CCCCCC)CCCCCCCC)CCN(CC)C1CCC1. The van der Waals surface area contributed by atoms with E-state index in [9.17, 15) is 9.59 Å². The molecule has 2 unspecified atom stereocenters. The molecule has 2 N–H and O–H groups in total. The Morgan fingerprint density at radius 3 is 1.17 bits per heavy atom. The van der Waals surface area contributed by atoms with Crippen LogP contribution in [0.15, 0.2) is 0 Å². The Labute approximate surface area is 363 Å². The summed E-state index contributed by atoms with van der Waals surface area (Å²) >= 11 is 0. The van der Waals surface area contributed by atoms with Crippen LogP contribution in [0.4, 0.5) is 0 Å². The summed E-state index contributed by atoms with van der Waals surface area (Å²) in [6.07, 6.45) is 43.9. The Morgan fingerprint density at radius 1 is 0.448 bits per heavy atom. The first-order valence-corrected chi connectivity index (χ1v) is 26.5. The van der Waals surface area contributed by atoms with Crippen LogP contribution in [0.1, 0.15) is 259 Å². The Bertz CT molecular complexity index is 837. The number of rotatable bonds is 45. The molecule has 0 saturated heterocycles. The highest BCUT2D eigenvalue weighted by atomic mass is 16.2. The number of hydrogen-bond donors (Lipinski definition) is 2. The zero-order valence-electron chi connectivity index (χ0n) is 40.1. The van der Waals surface area contributed by atoms with E-state index in [-0.39, 0.29) is 11.8 Å². The van der Waals surface area contributed by atoms with Crippen LogP contribution in [-0.2, 0) is 9.59 Å². The van der Waals surface area contributed by atoms with E-state index < -0.39 is 0 Å². The summed E-state index contributed by atoms with van der Waals surface area (Å²) in [5, 5.41) is 6.70. The lowest BCUT2D eigenvalue weighted by Crippen LogP contribution is -2.44. The Kier molecular flexibility index (Phi) is 39.0. The molecule has 1 aliphatic carbocycles.